The molecule has 3 rings (SSSR count). The number of halogens is 3. The Morgan fingerprint density at radius 3 is 2.88 bits per heavy atom. The molecule has 2 aromatic rings. The van der Waals surface area contributed by atoms with Gasteiger partial charge in [-0.1, -0.05) is 11.3 Å². The highest BCUT2D eigenvalue weighted by atomic mass is 32.1. The number of carbonyl (C=O) groups is 1. The predicted octanol–water partition coefficient (Wildman–Crippen LogP) is 2.21. The molecular formula is C14H13F3N4O3S. The van der Waals surface area contributed by atoms with Gasteiger partial charge in [0, 0.05) is 18.9 Å². The van der Waals surface area contributed by atoms with Gasteiger partial charge in [-0.2, -0.15) is 13.2 Å². The molecule has 1 amide bonds. The summed E-state index contributed by atoms with van der Waals surface area (Å²) < 4.78 is 44.2. The van der Waals surface area contributed by atoms with E-state index in [0.29, 0.717) is 28.4 Å². The lowest BCUT2D eigenvalue weighted by molar-refractivity contribution is -0.138. The number of amides is 1. The normalized spacial score (nSPS) is 17.6. The summed E-state index contributed by atoms with van der Waals surface area (Å²) in [4.78, 5) is 23.6. The number of nitrogens with zero attached hydrogens (tertiary/aromatic N) is 3. The maximum absolute atomic E-state index is 12.7. The Kier molecular flexibility index (Phi) is 4.86. The molecule has 7 nitrogen and oxygen atoms in total. The van der Waals surface area contributed by atoms with E-state index >= 15 is 0 Å². The molecule has 3 heterocycles. The van der Waals surface area contributed by atoms with Crippen molar-refractivity contribution in [3.63, 3.8) is 0 Å². The summed E-state index contributed by atoms with van der Waals surface area (Å²) in [5.74, 6) is -0.670. The SMILES string of the molecule is O=C(Cn1cc(C(F)(F)F)ccc1=O)Nc1nnc(C2CCCO2)s1. The summed E-state index contributed by atoms with van der Waals surface area (Å²) in [5, 5.41) is 11.0. The lowest BCUT2D eigenvalue weighted by atomic mass is 10.2. The quantitative estimate of drug-likeness (QED) is 0.887. The van der Waals surface area contributed by atoms with Crippen molar-refractivity contribution in [3.05, 3.63) is 39.3 Å². The Morgan fingerprint density at radius 1 is 1.40 bits per heavy atom. The third-order valence-corrected chi connectivity index (χ3v) is 4.45. The van der Waals surface area contributed by atoms with E-state index in [1.54, 1.807) is 0 Å². The molecule has 11 heteroatoms. The minimum atomic E-state index is -4.60. The molecular weight excluding hydrogens is 361 g/mol. The molecule has 0 aliphatic carbocycles. The number of rotatable bonds is 4. The number of hydrogen-bond donors (Lipinski definition) is 1. The van der Waals surface area contributed by atoms with E-state index in [1.807, 2.05) is 0 Å². The number of alkyl halides is 3. The molecule has 0 bridgehead atoms. The molecule has 1 aliphatic rings. The monoisotopic (exact) mass is 374 g/mol. The molecule has 1 fully saturated rings. The number of anilines is 1. The maximum Gasteiger partial charge on any atom is 0.417 e. The van der Waals surface area contributed by atoms with Crippen LogP contribution in [-0.4, -0.2) is 27.3 Å². The summed E-state index contributed by atoms with van der Waals surface area (Å²) in [6, 6.07) is 1.45. The summed E-state index contributed by atoms with van der Waals surface area (Å²) in [5.41, 5.74) is -1.71. The molecule has 0 spiro atoms. The van der Waals surface area contributed by atoms with Gasteiger partial charge >= 0.3 is 6.18 Å². The van der Waals surface area contributed by atoms with E-state index in [2.05, 4.69) is 15.5 Å². The topological polar surface area (TPSA) is 86.1 Å². The van der Waals surface area contributed by atoms with Crippen molar-refractivity contribution in [2.75, 3.05) is 11.9 Å². The van der Waals surface area contributed by atoms with Crippen molar-refractivity contribution < 1.29 is 22.7 Å². The Hall–Kier alpha value is -2.27. The van der Waals surface area contributed by atoms with Crippen LogP contribution >= 0.6 is 11.3 Å². The molecule has 134 valence electrons. The van der Waals surface area contributed by atoms with E-state index in [-0.39, 0.29) is 11.2 Å². The molecule has 25 heavy (non-hydrogen) atoms. The van der Waals surface area contributed by atoms with Crippen molar-refractivity contribution in [3.8, 4) is 0 Å². The Balaban J connectivity index is 1.67. The van der Waals surface area contributed by atoms with Crippen LogP contribution in [0.4, 0.5) is 18.3 Å². The minimum Gasteiger partial charge on any atom is -0.371 e. The van der Waals surface area contributed by atoms with E-state index in [9.17, 15) is 22.8 Å². The Bertz CT molecular complexity index is 827. The van der Waals surface area contributed by atoms with Gasteiger partial charge in [-0.25, -0.2) is 0 Å². The lowest BCUT2D eigenvalue weighted by Crippen LogP contribution is -2.28. The third kappa shape index (κ3) is 4.23. The third-order valence-electron chi connectivity index (χ3n) is 3.52. The summed E-state index contributed by atoms with van der Waals surface area (Å²) >= 11 is 1.13. The van der Waals surface area contributed by atoms with Crippen molar-refractivity contribution in [2.24, 2.45) is 0 Å². The Labute approximate surface area is 143 Å². The Morgan fingerprint density at radius 2 is 2.20 bits per heavy atom. The second kappa shape index (κ2) is 6.92. The van der Waals surface area contributed by atoms with Crippen LogP contribution < -0.4 is 10.9 Å². The van der Waals surface area contributed by atoms with Gasteiger partial charge in [0.2, 0.25) is 11.0 Å². The van der Waals surface area contributed by atoms with Gasteiger partial charge in [-0.05, 0) is 18.9 Å². The summed E-state index contributed by atoms with van der Waals surface area (Å²) in [7, 11) is 0. The standard InChI is InChI=1S/C14H13F3N4O3S/c15-14(16,17)8-3-4-11(23)21(6-8)7-10(22)18-13-20-19-12(25-13)9-2-1-5-24-9/h3-4,6,9H,1-2,5,7H2,(H,18,20,22). The first kappa shape index (κ1) is 17.5. The fourth-order valence-corrected chi connectivity index (χ4v) is 3.17. The van der Waals surface area contributed by atoms with Crippen molar-refractivity contribution in [2.45, 2.75) is 31.7 Å². The van der Waals surface area contributed by atoms with E-state index in [0.717, 1.165) is 30.2 Å². The van der Waals surface area contributed by atoms with E-state index < -0.39 is 29.8 Å². The second-order valence-corrected chi connectivity index (χ2v) is 6.39. The fourth-order valence-electron chi connectivity index (χ4n) is 2.32. The number of aromatic nitrogens is 3. The van der Waals surface area contributed by atoms with Gasteiger partial charge in [0.25, 0.3) is 5.56 Å². The highest BCUT2D eigenvalue weighted by molar-refractivity contribution is 7.15. The van der Waals surface area contributed by atoms with Crippen molar-refractivity contribution >= 4 is 22.4 Å². The first-order valence-corrected chi connectivity index (χ1v) is 8.17. The van der Waals surface area contributed by atoms with Crippen molar-refractivity contribution in [1.82, 2.24) is 14.8 Å². The van der Waals surface area contributed by atoms with Crippen LogP contribution in [-0.2, 0) is 22.3 Å². The molecule has 0 radical (unpaired) electrons. The van der Waals surface area contributed by atoms with Gasteiger partial charge in [-0.15, -0.1) is 10.2 Å². The predicted molar refractivity (Wildman–Crippen MR) is 82.2 cm³/mol. The molecule has 1 N–H and O–H groups in total. The van der Waals surface area contributed by atoms with E-state index in [4.69, 9.17) is 4.74 Å². The molecule has 0 saturated carbocycles. The van der Waals surface area contributed by atoms with Gasteiger partial charge in [-0.3, -0.25) is 14.9 Å². The number of ether oxygens (including phenoxy) is 1. The second-order valence-electron chi connectivity index (χ2n) is 5.38. The van der Waals surface area contributed by atoms with Crippen LogP contribution in [0.15, 0.2) is 23.1 Å². The highest BCUT2D eigenvalue weighted by Gasteiger charge is 2.31. The van der Waals surface area contributed by atoms with Crippen LogP contribution in [0.3, 0.4) is 0 Å². The molecule has 1 atom stereocenters. The first-order valence-electron chi connectivity index (χ1n) is 7.35. The first-order chi connectivity index (χ1) is 11.8. The van der Waals surface area contributed by atoms with Gasteiger partial charge in [0.15, 0.2) is 0 Å². The number of hydrogen-bond acceptors (Lipinski definition) is 6. The van der Waals surface area contributed by atoms with Crippen LogP contribution in [0.2, 0.25) is 0 Å². The van der Waals surface area contributed by atoms with Crippen LogP contribution in [0.5, 0.6) is 0 Å². The van der Waals surface area contributed by atoms with Gasteiger partial charge in [0.1, 0.15) is 17.7 Å². The summed E-state index contributed by atoms with van der Waals surface area (Å²) in [6.07, 6.45) is -2.39. The van der Waals surface area contributed by atoms with E-state index in [1.165, 1.54) is 0 Å². The lowest BCUT2D eigenvalue weighted by Gasteiger charge is -2.10. The summed E-state index contributed by atoms with van der Waals surface area (Å²) in [6.45, 7) is 0.0853. The fraction of sp³-hybridized carbons (Fsp3) is 0.429. The number of carbonyl (C=O) groups excluding carboxylic acids is 1. The zero-order chi connectivity index (χ0) is 18.0. The molecule has 1 aliphatic heterocycles. The van der Waals surface area contributed by atoms with Crippen molar-refractivity contribution in [1.29, 1.82) is 0 Å². The van der Waals surface area contributed by atoms with Gasteiger partial charge < -0.3 is 9.30 Å². The highest BCUT2D eigenvalue weighted by Crippen LogP contribution is 2.32. The largest absolute Gasteiger partial charge is 0.417 e. The minimum absolute atomic E-state index is 0.144. The van der Waals surface area contributed by atoms with Gasteiger partial charge in [0.05, 0.1) is 5.56 Å². The zero-order valence-electron chi connectivity index (χ0n) is 12.7. The number of pyridine rings is 1. The average Bonchev–Trinajstić information content (AvgIpc) is 3.19. The molecule has 0 aromatic carbocycles. The van der Waals surface area contributed by atoms with Crippen LogP contribution in [0.25, 0.3) is 0 Å². The smallest absolute Gasteiger partial charge is 0.371 e. The maximum atomic E-state index is 12.7. The van der Waals surface area contributed by atoms with Crippen LogP contribution in [0, 0.1) is 0 Å². The molecule has 1 saturated heterocycles. The number of nitrogens with one attached hydrogen (secondary N) is 1. The molecule has 2 aromatic heterocycles. The molecule has 1 unspecified atom stereocenters. The average molecular weight is 374 g/mol. The van der Waals surface area contributed by atoms with Crippen LogP contribution in [0.1, 0.15) is 29.5 Å². The zero-order valence-corrected chi connectivity index (χ0v) is 13.6.